The average Bonchev–Trinajstić information content (AvgIpc) is 2.96. The molecule has 1 atom stereocenters. The van der Waals surface area contributed by atoms with Crippen molar-refractivity contribution >= 4 is 29.1 Å². The third-order valence-electron chi connectivity index (χ3n) is 2.61. The Labute approximate surface area is 102 Å². The quantitative estimate of drug-likeness (QED) is 0.694. The highest BCUT2D eigenvalue weighted by Crippen LogP contribution is 2.46. The van der Waals surface area contributed by atoms with Crippen molar-refractivity contribution in [3.05, 3.63) is 0 Å². The van der Waals surface area contributed by atoms with Gasteiger partial charge in [-0.15, -0.1) is 0 Å². The van der Waals surface area contributed by atoms with Gasteiger partial charge in [-0.25, -0.2) is 0 Å². The first kappa shape index (κ1) is 13.1. The number of nitrogens with one attached hydrogen (secondary N) is 2. The molecule has 1 saturated carbocycles. The number of methoxy groups -OCH3 is 1. The molecule has 1 aliphatic rings. The minimum Gasteiger partial charge on any atom is -0.383 e. The number of hydrogen-bond donors (Lipinski definition) is 2. The van der Waals surface area contributed by atoms with Crippen molar-refractivity contribution in [3.8, 4) is 0 Å². The Kier molecular flexibility index (Phi) is 5.15. The average molecular weight is 248 g/mol. The fourth-order valence-electron chi connectivity index (χ4n) is 1.40. The largest absolute Gasteiger partial charge is 0.383 e. The van der Waals surface area contributed by atoms with Crippen LogP contribution in [0.1, 0.15) is 19.8 Å². The SMILES string of the molecule is COCC(C)NC(=S)NCC1(SC)CC1. The Hall–Kier alpha value is 0. The smallest absolute Gasteiger partial charge is 0.166 e. The van der Waals surface area contributed by atoms with Crippen molar-refractivity contribution < 1.29 is 4.74 Å². The Morgan fingerprint density at radius 2 is 2.27 bits per heavy atom. The van der Waals surface area contributed by atoms with Crippen molar-refractivity contribution in [2.24, 2.45) is 0 Å². The lowest BCUT2D eigenvalue weighted by atomic mass is 10.4. The molecule has 15 heavy (non-hydrogen) atoms. The van der Waals surface area contributed by atoms with Crippen LogP contribution in [0.5, 0.6) is 0 Å². The number of thiocarbonyl (C=S) groups is 1. The lowest BCUT2D eigenvalue weighted by Crippen LogP contribution is -2.44. The molecule has 0 heterocycles. The molecule has 1 aliphatic carbocycles. The van der Waals surface area contributed by atoms with Gasteiger partial charge >= 0.3 is 0 Å². The fraction of sp³-hybridized carbons (Fsp3) is 0.900. The van der Waals surface area contributed by atoms with Gasteiger partial charge in [0.15, 0.2) is 5.11 Å². The van der Waals surface area contributed by atoms with Crippen LogP contribution in [-0.2, 0) is 4.74 Å². The summed E-state index contributed by atoms with van der Waals surface area (Å²) in [6, 6.07) is 0.263. The summed E-state index contributed by atoms with van der Waals surface area (Å²) in [6.07, 6.45) is 4.77. The predicted molar refractivity (Wildman–Crippen MR) is 70.6 cm³/mol. The molecule has 0 aliphatic heterocycles. The standard InChI is InChI=1S/C10H20N2OS2/c1-8(6-13-2)12-9(14)11-7-10(15-3)4-5-10/h8H,4-7H2,1-3H3,(H2,11,12,14). The van der Waals surface area contributed by atoms with E-state index in [-0.39, 0.29) is 6.04 Å². The minimum atomic E-state index is 0.263. The van der Waals surface area contributed by atoms with E-state index in [1.807, 2.05) is 11.8 Å². The Morgan fingerprint density at radius 3 is 2.73 bits per heavy atom. The van der Waals surface area contributed by atoms with Crippen molar-refractivity contribution in [1.82, 2.24) is 10.6 Å². The van der Waals surface area contributed by atoms with Crippen LogP contribution >= 0.6 is 24.0 Å². The van der Waals surface area contributed by atoms with E-state index < -0.39 is 0 Å². The monoisotopic (exact) mass is 248 g/mol. The molecule has 0 saturated heterocycles. The molecule has 1 rings (SSSR count). The highest BCUT2D eigenvalue weighted by molar-refractivity contribution is 8.00. The highest BCUT2D eigenvalue weighted by Gasteiger charge is 2.41. The van der Waals surface area contributed by atoms with E-state index in [2.05, 4.69) is 23.8 Å². The van der Waals surface area contributed by atoms with Crippen LogP contribution in [0.4, 0.5) is 0 Å². The molecule has 3 nitrogen and oxygen atoms in total. The van der Waals surface area contributed by atoms with Gasteiger partial charge in [0.1, 0.15) is 0 Å². The Balaban J connectivity index is 2.13. The fourth-order valence-corrected chi connectivity index (χ4v) is 2.40. The zero-order valence-corrected chi connectivity index (χ0v) is 11.3. The van der Waals surface area contributed by atoms with E-state index in [0.717, 1.165) is 11.7 Å². The molecule has 0 aromatic rings. The van der Waals surface area contributed by atoms with Crippen molar-refractivity contribution in [2.45, 2.75) is 30.6 Å². The predicted octanol–water partition coefficient (Wildman–Crippen LogP) is 1.38. The molecule has 1 fully saturated rings. The van der Waals surface area contributed by atoms with Crippen LogP contribution in [0.15, 0.2) is 0 Å². The summed E-state index contributed by atoms with van der Waals surface area (Å²) in [6.45, 7) is 3.70. The molecule has 88 valence electrons. The van der Waals surface area contributed by atoms with Gasteiger partial charge in [-0.2, -0.15) is 11.8 Å². The van der Waals surface area contributed by atoms with Gasteiger partial charge in [0.05, 0.1) is 6.61 Å². The van der Waals surface area contributed by atoms with Crippen LogP contribution in [0.3, 0.4) is 0 Å². The molecule has 0 bridgehead atoms. The highest BCUT2D eigenvalue weighted by atomic mass is 32.2. The normalized spacial score (nSPS) is 19.4. The van der Waals surface area contributed by atoms with Gasteiger partial charge < -0.3 is 15.4 Å². The Morgan fingerprint density at radius 1 is 1.60 bits per heavy atom. The number of thioether (sulfide) groups is 1. The molecule has 1 unspecified atom stereocenters. The van der Waals surface area contributed by atoms with E-state index in [0.29, 0.717) is 11.4 Å². The van der Waals surface area contributed by atoms with Gasteiger partial charge in [-0.1, -0.05) is 0 Å². The zero-order valence-electron chi connectivity index (χ0n) is 9.63. The van der Waals surface area contributed by atoms with E-state index in [9.17, 15) is 0 Å². The van der Waals surface area contributed by atoms with Crippen molar-refractivity contribution in [3.63, 3.8) is 0 Å². The van der Waals surface area contributed by atoms with Gasteiger partial charge in [0.2, 0.25) is 0 Å². The van der Waals surface area contributed by atoms with E-state index >= 15 is 0 Å². The van der Waals surface area contributed by atoms with Crippen molar-refractivity contribution in [2.75, 3.05) is 26.5 Å². The number of ether oxygens (including phenoxy) is 1. The number of rotatable bonds is 6. The van der Waals surface area contributed by atoms with Crippen LogP contribution < -0.4 is 10.6 Å². The second-order valence-corrected chi connectivity index (χ2v) is 5.75. The lowest BCUT2D eigenvalue weighted by molar-refractivity contribution is 0.179. The van der Waals surface area contributed by atoms with E-state index in [1.54, 1.807) is 7.11 Å². The summed E-state index contributed by atoms with van der Waals surface area (Å²) in [4.78, 5) is 0. The molecule has 5 heteroatoms. The third-order valence-corrected chi connectivity index (χ3v) is 4.29. The summed E-state index contributed by atoms with van der Waals surface area (Å²) < 4.78 is 5.48. The van der Waals surface area contributed by atoms with Crippen molar-refractivity contribution in [1.29, 1.82) is 0 Å². The molecule has 0 spiro atoms. The second-order valence-electron chi connectivity index (χ2n) is 4.07. The summed E-state index contributed by atoms with van der Waals surface area (Å²) in [5.41, 5.74) is 0. The maximum absolute atomic E-state index is 5.20. The third kappa shape index (κ3) is 4.57. The molecule has 2 N–H and O–H groups in total. The van der Waals surface area contributed by atoms with E-state index in [4.69, 9.17) is 17.0 Å². The van der Waals surface area contributed by atoms with Crippen LogP contribution in [0.2, 0.25) is 0 Å². The van der Waals surface area contributed by atoms with Gasteiger partial charge in [-0.05, 0) is 38.2 Å². The number of hydrogen-bond acceptors (Lipinski definition) is 3. The first-order valence-corrected chi connectivity index (χ1v) is 6.83. The maximum atomic E-state index is 5.20. The van der Waals surface area contributed by atoms with E-state index in [1.165, 1.54) is 12.8 Å². The zero-order chi connectivity index (χ0) is 11.3. The first-order chi connectivity index (χ1) is 7.12. The van der Waals surface area contributed by atoms with Gasteiger partial charge in [0.25, 0.3) is 0 Å². The van der Waals surface area contributed by atoms with Crippen LogP contribution in [-0.4, -0.2) is 42.4 Å². The molecular weight excluding hydrogens is 228 g/mol. The molecule has 0 aromatic heterocycles. The molecular formula is C10H20N2OS2. The lowest BCUT2D eigenvalue weighted by Gasteiger charge is -2.18. The first-order valence-electron chi connectivity index (χ1n) is 5.20. The summed E-state index contributed by atoms with van der Waals surface area (Å²) in [5.74, 6) is 0. The van der Waals surface area contributed by atoms with Crippen LogP contribution in [0, 0.1) is 0 Å². The van der Waals surface area contributed by atoms with Gasteiger partial charge in [0, 0.05) is 24.4 Å². The summed E-state index contributed by atoms with van der Waals surface area (Å²) in [7, 11) is 1.70. The molecule has 0 amide bonds. The topological polar surface area (TPSA) is 33.3 Å². The van der Waals surface area contributed by atoms with Crippen LogP contribution in [0.25, 0.3) is 0 Å². The second kappa shape index (κ2) is 5.92. The summed E-state index contributed by atoms with van der Waals surface area (Å²) >= 11 is 7.14. The van der Waals surface area contributed by atoms with Gasteiger partial charge in [-0.3, -0.25) is 0 Å². The maximum Gasteiger partial charge on any atom is 0.166 e. The molecule has 0 radical (unpaired) electrons. The Bertz CT molecular complexity index is 219. The summed E-state index contributed by atoms with van der Waals surface area (Å²) in [5, 5.41) is 7.20. The molecule has 0 aromatic carbocycles. The minimum absolute atomic E-state index is 0.263.